The van der Waals surface area contributed by atoms with E-state index in [2.05, 4.69) is 10.6 Å². The van der Waals surface area contributed by atoms with Crippen LogP contribution in [0, 0.1) is 11.3 Å². The van der Waals surface area contributed by atoms with Crippen LogP contribution < -0.4 is 26.0 Å². The summed E-state index contributed by atoms with van der Waals surface area (Å²) in [5.74, 6) is -0.378. The van der Waals surface area contributed by atoms with E-state index < -0.39 is 6.04 Å². The number of hydrogen-bond acceptors (Lipinski definition) is 5. The van der Waals surface area contributed by atoms with Gasteiger partial charge >= 0.3 is 0 Å². The summed E-state index contributed by atoms with van der Waals surface area (Å²) in [6, 6.07) is 13.3. The van der Waals surface area contributed by atoms with Gasteiger partial charge in [-0.05, 0) is 48.2 Å². The maximum atomic E-state index is 13.3. The fourth-order valence-corrected chi connectivity index (χ4v) is 3.71. The minimum Gasteiger partial charge on any atom is -0.484 e. The van der Waals surface area contributed by atoms with E-state index in [0.29, 0.717) is 42.2 Å². The first-order valence-electron chi connectivity index (χ1n) is 11.6. The van der Waals surface area contributed by atoms with Gasteiger partial charge in [-0.25, -0.2) is 0 Å². The molecule has 1 aliphatic heterocycles. The van der Waals surface area contributed by atoms with Crippen molar-refractivity contribution in [3.8, 4) is 5.75 Å². The number of carbonyl (C=O) groups is 3. The molecule has 2 aromatic carbocycles. The molecule has 2 atom stereocenters. The Labute approximate surface area is 200 Å². The van der Waals surface area contributed by atoms with Crippen LogP contribution in [0.3, 0.4) is 0 Å². The first-order valence-corrected chi connectivity index (χ1v) is 11.6. The van der Waals surface area contributed by atoms with E-state index in [-0.39, 0.29) is 35.7 Å². The normalized spacial score (nSPS) is 16.3. The summed E-state index contributed by atoms with van der Waals surface area (Å²) in [7, 11) is 0. The van der Waals surface area contributed by atoms with Crippen LogP contribution >= 0.6 is 0 Å². The number of nitrogens with one attached hydrogen (secondary N) is 2. The predicted octanol–water partition coefficient (Wildman–Crippen LogP) is 3.18. The SMILES string of the molecule is CCC(C)C1C(=O)Nc2cc(C(=O)NCC(C)(C)CN)ccc2N1C(=O)COc1ccccc1. The smallest absolute Gasteiger partial charge is 0.265 e. The molecule has 8 heteroatoms. The molecule has 0 saturated carbocycles. The van der Waals surface area contributed by atoms with Crippen LogP contribution in [0.15, 0.2) is 48.5 Å². The summed E-state index contributed by atoms with van der Waals surface area (Å²) in [5, 5.41) is 5.77. The Balaban J connectivity index is 1.87. The van der Waals surface area contributed by atoms with Gasteiger partial charge in [0.25, 0.3) is 11.8 Å². The molecule has 2 unspecified atom stereocenters. The van der Waals surface area contributed by atoms with Crippen molar-refractivity contribution < 1.29 is 19.1 Å². The van der Waals surface area contributed by atoms with Gasteiger partial charge in [0.15, 0.2) is 6.61 Å². The van der Waals surface area contributed by atoms with Crippen molar-refractivity contribution in [2.75, 3.05) is 29.9 Å². The summed E-state index contributed by atoms with van der Waals surface area (Å²) in [6.07, 6.45) is 0.716. The van der Waals surface area contributed by atoms with E-state index in [1.54, 1.807) is 30.3 Å². The third kappa shape index (κ3) is 5.75. The van der Waals surface area contributed by atoms with Gasteiger partial charge in [0, 0.05) is 12.1 Å². The summed E-state index contributed by atoms with van der Waals surface area (Å²) < 4.78 is 5.67. The molecule has 2 aromatic rings. The summed E-state index contributed by atoms with van der Waals surface area (Å²) in [6.45, 7) is 8.50. The molecule has 3 rings (SSSR count). The number of hydrogen-bond donors (Lipinski definition) is 3. The Bertz CT molecular complexity index is 1040. The lowest BCUT2D eigenvalue weighted by Crippen LogP contribution is -2.55. The molecule has 3 amide bonds. The molecule has 1 aliphatic rings. The molecule has 8 nitrogen and oxygen atoms in total. The number of amides is 3. The summed E-state index contributed by atoms with van der Waals surface area (Å²) >= 11 is 0. The quantitative estimate of drug-likeness (QED) is 0.525. The van der Waals surface area contributed by atoms with Gasteiger partial charge in [-0.1, -0.05) is 52.3 Å². The largest absolute Gasteiger partial charge is 0.484 e. The van der Waals surface area contributed by atoms with Crippen molar-refractivity contribution >= 4 is 29.1 Å². The van der Waals surface area contributed by atoms with Crippen molar-refractivity contribution in [3.05, 3.63) is 54.1 Å². The molecule has 4 N–H and O–H groups in total. The van der Waals surface area contributed by atoms with Gasteiger partial charge in [0.1, 0.15) is 11.8 Å². The van der Waals surface area contributed by atoms with E-state index in [9.17, 15) is 14.4 Å². The minimum atomic E-state index is -0.672. The highest BCUT2D eigenvalue weighted by Gasteiger charge is 2.40. The van der Waals surface area contributed by atoms with Crippen molar-refractivity contribution in [2.24, 2.45) is 17.1 Å². The van der Waals surface area contributed by atoms with Crippen LogP contribution in [0.1, 0.15) is 44.5 Å². The van der Waals surface area contributed by atoms with Gasteiger partial charge in [0.05, 0.1) is 11.4 Å². The van der Waals surface area contributed by atoms with Gasteiger partial charge in [-0.3, -0.25) is 19.3 Å². The van der Waals surface area contributed by atoms with Gasteiger partial charge in [-0.2, -0.15) is 0 Å². The number of anilines is 2. The third-order valence-electron chi connectivity index (χ3n) is 6.16. The Kier molecular flexibility index (Phi) is 7.94. The van der Waals surface area contributed by atoms with Crippen LogP contribution in [0.25, 0.3) is 0 Å². The number of benzene rings is 2. The van der Waals surface area contributed by atoms with Crippen molar-refractivity contribution in [2.45, 2.75) is 40.2 Å². The molecule has 0 aliphatic carbocycles. The fourth-order valence-electron chi connectivity index (χ4n) is 3.71. The molecule has 0 spiro atoms. The molecule has 0 saturated heterocycles. The lowest BCUT2D eigenvalue weighted by molar-refractivity contribution is -0.126. The highest BCUT2D eigenvalue weighted by atomic mass is 16.5. The number of carbonyl (C=O) groups excluding carboxylic acids is 3. The second kappa shape index (κ2) is 10.7. The predicted molar refractivity (Wildman–Crippen MR) is 133 cm³/mol. The fraction of sp³-hybridized carbons (Fsp3) is 0.423. The van der Waals surface area contributed by atoms with Crippen molar-refractivity contribution in [1.29, 1.82) is 0 Å². The van der Waals surface area contributed by atoms with Crippen LogP contribution in [-0.2, 0) is 9.59 Å². The van der Waals surface area contributed by atoms with Crippen LogP contribution in [0.5, 0.6) is 5.75 Å². The number of rotatable bonds is 9. The topological polar surface area (TPSA) is 114 Å². The standard InChI is InChI=1S/C26H34N4O4/c1-5-17(2)23-25(33)29-20-13-18(24(32)28-16-26(3,4)15-27)11-12-21(20)30(23)22(31)14-34-19-9-7-6-8-10-19/h6-13,17,23H,5,14-16,27H2,1-4H3,(H,28,32)(H,29,33). The zero-order valence-corrected chi connectivity index (χ0v) is 20.3. The molecule has 1 heterocycles. The second-order valence-corrected chi connectivity index (χ2v) is 9.47. The molecule has 0 fully saturated rings. The highest BCUT2D eigenvalue weighted by molar-refractivity contribution is 6.13. The van der Waals surface area contributed by atoms with Gasteiger partial charge in [0.2, 0.25) is 5.91 Å². The summed E-state index contributed by atoms with van der Waals surface area (Å²) in [5.41, 5.74) is 6.87. The highest BCUT2D eigenvalue weighted by Crippen LogP contribution is 2.36. The number of nitrogens with zero attached hydrogens (tertiary/aromatic N) is 1. The number of nitrogens with two attached hydrogens (primary N) is 1. The maximum absolute atomic E-state index is 13.3. The van der Waals surface area contributed by atoms with Crippen molar-refractivity contribution in [3.63, 3.8) is 0 Å². The number of fused-ring (bicyclic) bond motifs is 1. The molecular formula is C26H34N4O4. The Morgan fingerprint density at radius 1 is 1.21 bits per heavy atom. The molecular weight excluding hydrogens is 432 g/mol. The zero-order valence-electron chi connectivity index (χ0n) is 20.3. The minimum absolute atomic E-state index is 0.0738. The van der Waals surface area contributed by atoms with E-state index >= 15 is 0 Å². The first-order chi connectivity index (χ1) is 16.2. The van der Waals surface area contributed by atoms with Gasteiger partial charge in [-0.15, -0.1) is 0 Å². The van der Waals surface area contributed by atoms with E-state index in [1.165, 1.54) is 4.90 Å². The number of para-hydroxylation sites is 1. The lowest BCUT2D eigenvalue weighted by atomic mass is 9.93. The van der Waals surface area contributed by atoms with Crippen molar-refractivity contribution in [1.82, 2.24) is 5.32 Å². The molecule has 0 aromatic heterocycles. The average Bonchev–Trinajstić information content (AvgIpc) is 2.84. The second-order valence-electron chi connectivity index (χ2n) is 9.47. The Morgan fingerprint density at radius 2 is 1.91 bits per heavy atom. The van der Waals surface area contributed by atoms with E-state index in [0.717, 1.165) is 0 Å². The average molecular weight is 467 g/mol. The molecule has 0 radical (unpaired) electrons. The van der Waals surface area contributed by atoms with Crippen LogP contribution in [0.2, 0.25) is 0 Å². The molecule has 34 heavy (non-hydrogen) atoms. The maximum Gasteiger partial charge on any atom is 0.265 e. The lowest BCUT2D eigenvalue weighted by Gasteiger charge is -2.39. The first kappa shape index (κ1) is 25.2. The molecule has 0 bridgehead atoms. The molecule has 182 valence electrons. The third-order valence-corrected chi connectivity index (χ3v) is 6.16. The van der Waals surface area contributed by atoms with Gasteiger partial charge < -0.3 is 21.1 Å². The van der Waals surface area contributed by atoms with E-state index in [4.69, 9.17) is 10.5 Å². The monoisotopic (exact) mass is 466 g/mol. The van der Waals surface area contributed by atoms with Crippen LogP contribution in [0.4, 0.5) is 11.4 Å². The Hall–Kier alpha value is -3.39. The zero-order chi connectivity index (χ0) is 24.9. The summed E-state index contributed by atoms with van der Waals surface area (Å²) in [4.78, 5) is 40.6. The Morgan fingerprint density at radius 3 is 2.56 bits per heavy atom. The van der Waals surface area contributed by atoms with Crippen LogP contribution in [-0.4, -0.2) is 43.5 Å². The number of ether oxygens (including phenoxy) is 1. The van der Waals surface area contributed by atoms with E-state index in [1.807, 2.05) is 45.9 Å².